The van der Waals surface area contributed by atoms with Crippen molar-refractivity contribution in [3.63, 3.8) is 0 Å². The van der Waals surface area contributed by atoms with Gasteiger partial charge in [-0.3, -0.25) is 24.1 Å². The van der Waals surface area contributed by atoms with Crippen molar-refractivity contribution in [2.75, 3.05) is 40.0 Å². The lowest BCUT2D eigenvalue weighted by Gasteiger charge is -2.28. The minimum absolute atomic E-state index is 0.00397. The molecule has 0 aliphatic carbocycles. The van der Waals surface area contributed by atoms with Crippen molar-refractivity contribution < 1.29 is 38.3 Å². The molecule has 1 aliphatic heterocycles. The minimum atomic E-state index is -1.23. The quantitative estimate of drug-likeness (QED) is 0.322. The summed E-state index contributed by atoms with van der Waals surface area (Å²) in [5, 5.41) is 18.4. The Morgan fingerprint density at radius 1 is 1.15 bits per heavy atom. The number of benzene rings is 1. The zero-order chi connectivity index (χ0) is 28.5. The van der Waals surface area contributed by atoms with Gasteiger partial charge in [0.15, 0.2) is 11.6 Å². The molecule has 2 amide bonds. The summed E-state index contributed by atoms with van der Waals surface area (Å²) in [4.78, 5) is 56.6. The smallest absolute Gasteiger partial charge is 0.305 e. The van der Waals surface area contributed by atoms with Crippen LogP contribution in [0.15, 0.2) is 22.7 Å². The van der Waals surface area contributed by atoms with Crippen LogP contribution in [0, 0.1) is 12.8 Å². The van der Waals surface area contributed by atoms with Gasteiger partial charge in [0.25, 0.3) is 5.89 Å². The first kappa shape index (κ1) is 29.7. The van der Waals surface area contributed by atoms with E-state index in [-0.39, 0.29) is 18.9 Å². The number of Topliss-reactive ketones (excluding diaryl/α,β-unsaturated/α-hetero) is 1. The van der Waals surface area contributed by atoms with Crippen molar-refractivity contribution in [2.24, 2.45) is 5.92 Å². The zero-order valence-corrected chi connectivity index (χ0v) is 22.6. The third kappa shape index (κ3) is 8.58. The lowest BCUT2D eigenvalue weighted by molar-refractivity contribution is -0.141. The number of carboxylic acids is 1. The summed E-state index contributed by atoms with van der Waals surface area (Å²) in [7, 11) is 1.48. The molecule has 0 bridgehead atoms. The van der Waals surface area contributed by atoms with Crippen LogP contribution in [0.3, 0.4) is 0 Å². The number of hydrogen-bond acceptors (Lipinski definition) is 10. The van der Waals surface area contributed by atoms with Crippen LogP contribution < -0.4 is 15.4 Å². The van der Waals surface area contributed by atoms with Crippen LogP contribution >= 0.6 is 0 Å². The van der Waals surface area contributed by atoms with Crippen LogP contribution in [0.5, 0.6) is 5.75 Å². The van der Waals surface area contributed by atoms with Gasteiger partial charge in [-0.1, -0.05) is 19.0 Å². The second-order valence-corrected chi connectivity index (χ2v) is 9.65. The topological polar surface area (TPSA) is 173 Å². The van der Waals surface area contributed by atoms with E-state index < -0.39 is 42.1 Å². The van der Waals surface area contributed by atoms with Gasteiger partial charge in [-0.15, -0.1) is 0 Å². The maximum atomic E-state index is 13.2. The van der Waals surface area contributed by atoms with Crippen molar-refractivity contribution in [3.05, 3.63) is 29.6 Å². The Morgan fingerprint density at radius 3 is 2.46 bits per heavy atom. The molecule has 0 saturated carbocycles. The van der Waals surface area contributed by atoms with E-state index >= 15 is 0 Å². The summed E-state index contributed by atoms with van der Waals surface area (Å²) in [6.45, 7) is 7.22. The molecule has 1 aromatic heterocycles. The number of ether oxygens (including phenoxy) is 2. The Morgan fingerprint density at radius 2 is 1.87 bits per heavy atom. The fraction of sp³-hybridized carbons (Fsp3) is 0.538. The molecular weight excluding hydrogens is 510 g/mol. The third-order valence-electron chi connectivity index (χ3n) is 6.24. The number of ketones is 1. The molecule has 1 saturated heterocycles. The first-order valence-electron chi connectivity index (χ1n) is 12.7. The first-order valence-corrected chi connectivity index (χ1v) is 12.7. The second kappa shape index (κ2) is 13.8. The monoisotopic (exact) mass is 545 g/mol. The average Bonchev–Trinajstić information content (AvgIpc) is 3.33. The summed E-state index contributed by atoms with van der Waals surface area (Å²) in [5.74, 6) is -1.85. The van der Waals surface area contributed by atoms with Crippen molar-refractivity contribution in [1.29, 1.82) is 0 Å². The van der Waals surface area contributed by atoms with Gasteiger partial charge < -0.3 is 29.7 Å². The van der Waals surface area contributed by atoms with Gasteiger partial charge in [-0.25, -0.2) is 0 Å². The maximum Gasteiger partial charge on any atom is 0.305 e. The number of methoxy groups -OCH3 is 1. The van der Waals surface area contributed by atoms with Crippen LogP contribution in [-0.2, 0) is 30.3 Å². The van der Waals surface area contributed by atoms with Crippen LogP contribution in [0.25, 0.3) is 11.5 Å². The van der Waals surface area contributed by atoms with Gasteiger partial charge >= 0.3 is 5.97 Å². The fourth-order valence-electron chi connectivity index (χ4n) is 4.17. The highest BCUT2D eigenvalue weighted by atomic mass is 16.5. The SMILES string of the molecule is COc1ccc(-c2nc(C)no2)cc1CC(=O)N[C@H](C(=O)N[C@@H](CC(=O)O)C(=O)CN1CCOCC1)C(C)C. The summed E-state index contributed by atoms with van der Waals surface area (Å²) >= 11 is 0. The zero-order valence-electron chi connectivity index (χ0n) is 22.6. The summed E-state index contributed by atoms with van der Waals surface area (Å²) in [5.41, 5.74) is 1.14. The average molecular weight is 546 g/mol. The summed E-state index contributed by atoms with van der Waals surface area (Å²) < 4.78 is 15.9. The molecule has 2 atom stereocenters. The highest BCUT2D eigenvalue weighted by Gasteiger charge is 2.31. The predicted octanol–water partition coefficient (Wildman–Crippen LogP) is 0.598. The van der Waals surface area contributed by atoms with E-state index in [1.54, 1.807) is 39.0 Å². The van der Waals surface area contributed by atoms with E-state index in [0.717, 1.165) is 0 Å². The van der Waals surface area contributed by atoms with Crippen molar-refractivity contribution in [3.8, 4) is 17.2 Å². The number of aryl methyl sites for hydroxylation is 1. The highest BCUT2D eigenvalue weighted by Crippen LogP contribution is 2.26. The number of hydrogen-bond donors (Lipinski definition) is 3. The molecule has 13 heteroatoms. The van der Waals surface area contributed by atoms with E-state index in [1.807, 2.05) is 4.90 Å². The first-order chi connectivity index (χ1) is 18.6. The van der Waals surface area contributed by atoms with Gasteiger partial charge in [0.2, 0.25) is 11.8 Å². The van der Waals surface area contributed by atoms with Crippen LogP contribution in [0.2, 0.25) is 0 Å². The van der Waals surface area contributed by atoms with Crippen LogP contribution in [0.1, 0.15) is 31.7 Å². The Kier molecular flexibility index (Phi) is 10.5. The summed E-state index contributed by atoms with van der Waals surface area (Å²) in [6.07, 6.45) is -0.679. The summed E-state index contributed by atoms with van der Waals surface area (Å²) in [6, 6.07) is 2.88. The normalized spacial score (nSPS) is 15.4. The molecule has 1 aliphatic rings. The Bertz CT molecular complexity index is 1170. The second-order valence-electron chi connectivity index (χ2n) is 9.65. The Hall–Kier alpha value is -3.84. The van der Waals surface area contributed by atoms with Crippen molar-refractivity contribution >= 4 is 23.6 Å². The molecule has 39 heavy (non-hydrogen) atoms. The minimum Gasteiger partial charge on any atom is -0.496 e. The van der Waals surface area contributed by atoms with E-state index in [0.29, 0.717) is 54.9 Å². The fourth-order valence-corrected chi connectivity index (χ4v) is 4.17. The molecule has 212 valence electrons. The van der Waals surface area contributed by atoms with E-state index in [9.17, 15) is 24.3 Å². The number of nitrogens with zero attached hydrogens (tertiary/aromatic N) is 3. The van der Waals surface area contributed by atoms with Crippen molar-refractivity contribution in [2.45, 2.75) is 45.7 Å². The maximum absolute atomic E-state index is 13.2. The Balaban J connectivity index is 1.69. The van der Waals surface area contributed by atoms with E-state index in [2.05, 4.69) is 20.8 Å². The van der Waals surface area contributed by atoms with Gasteiger partial charge in [-0.2, -0.15) is 4.98 Å². The number of aromatic nitrogens is 2. The van der Waals surface area contributed by atoms with Gasteiger partial charge in [-0.05, 0) is 31.0 Å². The molecule has 0 radical (unpaired) electrons. The van der Waals surface area contributed by atoms with Gasteiger partial charge in [0.1, 0.15) is 11.8 Å². The predicted molar refractivity (Wildman–Crippen MR) is 138 cm³/mol. The lowest BCUT2D eigenvalue weighted by atomic mass is 10.0. The van der Waals surface area contributed by atoms with Gasteiger partial charge in [0, 0.05) is 24.2 Å². The molecule has 1 fully saturated rings. The number of nitrogens with one attached hydrogen (secondary N) is 2. The standard InChI is InChI=1S/C26H35N5O8/c1-15(2)24(25(36)28-19(13-23(34)35)20(32)14-31-7-9-38-10-8-31)29-22(33)12-18-11-17(5-6-21(18)37-4)26-27-16(3)30-39-26/h5-6,11,15,19,24H,7-10,12-14H2,1-4H3,(H,28,36)(H,29,33)(H,34,35)/t19-,24-/m0/s1. The van der Waals surface area contributed by atoms with Crippen molar-refractivity contribution in [1.82, 2.24) is 25.7 Å². The van der Waals surface area contributed by atoms with Crippen LogP contribution in [-0.4, -0.2) is 95.8 Å². The Labute approximate surface area is 226 Å². The molecule has 0 unspecified atom stereocenters. The molecule has 13 nitrogen and oxygen atoms in total. The molecular formula is C26H35N5O8. The molecule has 2 aromatic rings. The number of morpholine rings is 1. The molecule has 3 rings (SSSR count). The van der Waals surface area contributed by atoms with E-state index in [1.165, 1.54) is 7.11 Å². The molecule has 0 spiro atoms. The number of carboxylic acid groups (broad SMARTS) is 1. The number of rotatable bonds is 13. The largest absolute Gasteiger partial charge is 0.496 e. The number of carbonyl (C=O) groups excluding carboxylic acids is 3. The number of amides is 2. The van der Waals surface area contributed by atoms with Crippen LogP contribution in [0.4, 0.5) is 0 Å². The molecule has 3 N–H and O–H groups in total. The lowest BCUT2D eigenvalue weighted by Crippen LogP contribution is -2.55. The number of aliphatic carboxylic acids is 1. The highest BCUT2D eigenvalue weighted by molar-refractivity contribution is 5.95. The molecule has 1 aromatic carbocycles. The van der Waals surface area contributed by atoms with E-state index in [4.69, 9.17) is 14.0 Å². The number of carbonyl (C=O) groups is 4. The van der Waals surface area contributed by atoms with Gasteiger partial charge in [0.05, 0.1) is 45.8 Å². The third-order valence-corrected chi connectivity index (χ3v) is 6.24. The molecule has 2 heterocycles.